The summed E-state index contributed by atoms with van der Waals surface area (Å²) in [6.45, 7) is 13.9. The van der Waals surface area contributed by atoms with Gasteiger partial charge < -0.3 is 34.0 Å². The van der Waals surface area contributed by atoms with Crippen LogP contribution in [0.15, 0.2) is 0 Å². The fourth-order valence-corrected chi connectivity index (χ4v) is 8.88. The van der Waals surface area contributed by atoms with Gasteiger partial charge in [0.25, 0.3) is 0 Å². The summed E-state index contributed by atoms with van der Waals surface area (Å²) in [5.74, 6) is 0. The molecule has 0 saturated carbocycles. The minimum absolute atomic E-state index is 0. The Hall–Kier alpha value is 2.31. The van der Waals surface area contributed by atoms with Crippen LogP contribution in [0.25, 0.3) is 0 Å². The molecule has 0 N–H and O–H groups in total. The molecule has 0 aliphatic heterocycles. The number of unbranched alkanes of at least 4 members (excludes halogenated alkanes) is 6. The van der Waals surface area contributed by atoms with Crippen molar-refractivity contribution in [2.45, 2.75) is 119 Å². The monoisotopic (exact) mass is 620 g/mol. The van der Waals surface area contributed by atoms with Gasteiger partial charge in [0.05, 0.1) is 0 Å². The normalized spacial score (nSPS) is 9.93. The Morgan fingerprint density at radius 2 is 0.483 bits per heavy atom. The van der Waals surface area contributed by atoms with Gasteiger partial charge in [0.1, 0.15) is 0 Å². The van der Waals surface area contributed by atoms with Gasteiger partial charge in [-0.1, -0.05) is 80.1 Å². The molecule has 184 valence electrons. The summed E-state index contributed by atoms with van der Waals surface area (Å²) in [5.41, 5.74) is 0. The van der Waals surface area contributed by atoms with Gasteiger partial charge in [0, 0.05) is 0 Å². The van der Waals surface area contributed by atoms with Crippen LogP contribution in [-0.4, -0.2) is 37.0 Å². The summed E-state index contributed by atoms with van der Waals surface area (Å²) >= 11 is 0. The number of hydrogen-bond donors (Lipinski definition) is 0. The maximum atomic E-state index is 2.31. The van der Waals surface area contributed by atoms with Crippen LogP contribution in [0.4, 0.5) is 0 Å². The summed E-state index contributed by atoms with van der Waals surface area (Å²) in [6.07, 6.45) is 26.4. The number of rotatable bonds is 18. The molecule has 29 heavy (non-hydrogen) atoms. The third-order valence-electron chi connectivity index (χ3n) is 4.97. The van der Waals surface area contributed by atoms with Gasteiger partial charge in [0.15, 0.2) is 0 Å². The smallest absolute Gasteiger partial charge is 1.00 e. The van der Waals surface area contributed by atoms with Gasteiger partial charge in [-0.15, -0.1) is 15.8 Å². The maximum Gasteiger partial charge on any atom is 2.00 e. The Morgan fingerprint density at radius 1 is 0.345 bits per heavy atom. The standard InChI is InChI=1S/2C12H27P.2BrH.Ni/c2*1-4-7-10-13(11-8-5-2)12-9-6-3;;;/h2*4-12H2,1-3H3;2*1H;/q;;;;+2/p-2. The Balaban J connectivity index is -0.000000120. The van der Waals surface area contributed by atoms with Crippen LogP contribution >= 0.6 is 15.8 Å². The first-order valence-corrected chi connectivity index (χ1v) is 15.9. The molecular weight excluding hydrogens is 569 g/mol. The first kappa shape index (κ1) is 41.6. The van der Waals surface area contributed by atoms with E-state index in [2.05, 4.69) is 41.5 Å². The molecule has 0 spiro atoms. The topological polar surface area (TPSA) is 0 Å². The second kappa shape index (κ2) is 37.6. The van der Waals surface area contributed by atoms with Crippen LogP contribution < -0.4 is 34.0 Å². The second-order valence-corrected chi connectivity index (χ2v) is 13.2. The Morgan fingerprint density at radius 3 is 0.586 bits per heavy atom. The summed E-state index contributed by atoms with van der Waals surface area (Å²) in [6, 6.07) is 0. The van der Waals surface area contributed by atoms with Crippen LogP contribution in [0.3, 0.4) is 0 Å². The molecule has 0 atom stereocenters. The van der Waals surface area contributed by atoms with E-state index in [9.17, 15) is 0 Å². The Bertz CT molecular complexity index is 185. The molecule has 0 radical (unpaired) electrons. The van der Waals surface area contributed by atoms with Gasteiger partial charge in [-0.05, 0) is 75.5 Å². The van der Waals surface area contributed by atoms with Crippen molar-refractivity contribution in [3.8, 4) is 0 Å². The average Bonchev–Trinajstić information content (AvgIpc) is 2.67. The van der Waals surface area contributed by atoms with Crippen LogP contribution in [0.1, 0.15) is 119 Å². The Labute approximate surface area is 220 Å². The fourth-order valence-electron chi connectivity index (χ4n) is 2.96. The zero-order valence-electron chi connectivity index (χ0n) is 20.7. The summed E-state index contributed by atoms with van der Waals surface area (Å²) in [5, 5.41) is 0. The fraction of sp³-hybridized carbons (Fsp3) is 1.00. The van der Waals surface area contributed by atoms with Crippen LogP contribution in [-0.2, 0) is 16.5 Å². The van der Waals surface area contributed by atoms with Crippen molar-refractivity contribution in [3.63, 3.8) is 0 Å². The molecule has 0 aliphatic carbocycles. The van der Waals surface area contributed by atoms with Crippen molar-refractivity contribution in [1.29, 1.82) is 0 Å². The SMILES string of the molecule is CCCCP(CCCC)CCCC.CCCCP(CCCC)CCCC.[Br-].[Br-].[Ni+2]. The van der Waals surface area contributed by atoms with Crippen molar-refractivity contribution >= 4 is 15.8 Å². The molecule has 0 aromatic rings. The largest absolute Gasteiger partial charge is 2.00 e. The van der Waals surface area contributed by atoms with E-state index in [0.29, 0.717) is 15.8 Å². The van der Waals surface area contributed by atoms with Gasteiger partial charge in [-0.2, -0.15) is 0 Å². The van der Waals surface area contributed by atoms with E-state index in [-0.39, 0.29) is 50.5 Å². The van der Waals surface area contributed by atoms with E-state index in [0.717, 1.165) is 0 Å². The molecular formula is C24H54Br2NiP2. The van der Waals surface area contributed by atoms with Crippen LogP contribution in [0, 0.1) is 0 Å². The van der Waals surface area contributed by atoms with Gasteiger partial charge in [0.2, 0.25) is 0 Å². The molecule has 0 fully saturated rings. The van der Waals surface area contributed by atoms with E-state index >= 15 is 0 Å². The van der Waals surface area contributed by atoms with Gasteiger partial charge in [-0.3, -0.25) is 0 Å². The maximum absolute atomic E-state index is 2.31. The average molecular weight is 623 g/mol. The predicted octanol–water partition coefficient (Wildman–Crippen LogP) is 3.74. The van der Waals surface area contributed by atoms with Crippen molar-refractivity contribution in [2.24, 2.45) is 0 Å². The van der Waals surface area contributed by atoms with E-state index in [1.807, 2.05) is 0 Å². The van der Waals surface area contributed by atoms with Gasteiger partial charge in [-0.25, -0.2) is 0 Å². The van der Waals surface area contributed by atoms with Crippen molar-refractivity contribution in [1.82, 2.24) is 0 Å². The van der Waals surface area contributed by atoms with Crippen molar-refractivity contribution < 1.29 is 50.5 Å². The third-order valence-corrected chi connectivity index (χ3v) is 10.7. The predicted molar refractivity (Wildman–Crippen MR) is 132 cm³/mol. The zero-order valence-corrected chi connectivity index (χ0v) is 26.6. The summed E-state index contributed by atoms with van der Waals surface area (Å²) < 4.78 is 0. The van der Waals surface area contributed by atoms with Gasteiger partial charge >= 0.3 is 16.5 Å². The molecule has 0 rings (SSSR count). The van der Waals surface area contributed by atoms with E-state index < -0.39 is 0 Å². The minimum Gasteiger partial charge on any atom is -1.00 e. The van der Waals surface area contributed by atoms with Crippen LogP contribution in [0.5, 0.6) is 0 Å². The van der Waals surface area contributed by atoms with E-state index in [4.69, 9.17) is 0 Å². The first-order valence-electron chi connectivity index (χ1n) is 12.1. The molecule has 0 aromatic carbocycles. The van der Waals surface area contributed by atoms with Crippen LogP contribution in [0.2, 0.25) is 0 Å². The summed E-state index contributed by atoms with van der Waals surface area (Å²) in [4.78, 5) is 0. The molecule has 0 aromatic heterocycles. The van der Waals surface area contributed by atoms with Crippen molar-refractivity contribution in [2.75, 3.05) is 37.0 Å². The third kappa shape index (κ3) is 35.1. The van der Waals surface area contributed by atoms with E-state index in [1.165, 1.54) is 77.0 Å². The molecule has 5 heteroatoms. The molecule has 0 amide bonds. The zero-order chi connectivity index (χ0) is 19.9. The number of hydrogen-bond acceptors (Lipinski definition) is 0. The summed E-state index contributed by atoms with van der Waals surface area (Å²) in [7, 11) is 0.843. The molecule has 0 bridgehead atoms. The molecule has 0 heterocycles. The molecule has 0 aliphatic rings. The quantitative estimate of drug-likeness (QED) is 0.162. The minimum atomic E-state index is 0. The molecule has 0 saturated heterocycles. The Kier molecular flexibility index (Phi) is 53.9. The first-order chi connectivity index (χ1) is 12.7. The molecule has 0 nitrogen and oxygen atoms in total. The second-order valence-electron chi connectivity index (χ2n) is 7.80. The van der Waals surface area contributed by atoms with Crippen molar-refractivity contribution in [3.05, 3.63) is 0 Å². The molecule has 0 unspecified atom stereocenters. The number of halogens is 2. The van der Waals surface area contributed by atoms with E-state index in [1.54, 1.807) is 37.0 Å².